The molecule has 1 spiro atoms. The molecule has 2 saturated heterocycles. The highest BCUT2D eigenvalue weighted by Crippen LogP contribution is 2.41. The quantitative estimate of drug-likeness (QED) is 0.899. The van der Waals surface area contributed by atoms with E-state index < -0.39 is 10.0 Å². The van der Waals surface area contributed by atoms with Crippen LogP contribution in [0.2, 0.25) is 0 Å². The maximum absolute atomic E-state index is 11.7. The van der Waals surface area contributed by atoms with Gasteiger partial charge in [0.2, 0.25) is 10.0 Å². The molecule has 0 saturated carbocycles. The lowest BCUT2D eigenvalue weighted by atomic mass is 9.69. The zero-order chi connectivity index (χ0) is 17.2. The highest BCUT2D eigenvalue weighted by Gasteiger charge is 2.44. The molecule has 2 heterocycles. The van der Waals surface area contributed by atoms with Gasteiger partial charge in [-0.05, 0) is 50.3 Å². The number of nitrogens with one attached hydrogen (secondary N) is 1. The van der Waals surface area contributed by atoms with Crippen molar-refractivity contribution < 1.29 is 13.2 Å². The van der Waals surface area contributed by atoms with Crippen LogP contribution in [0.3, 0.4) is 0 Å². The summed E-state index contributed by atoms with van der Waals surface area (Å²) in [5, 5.41) is 0. The Bertz CT molecular complexity index is 649. The minimum Gasteiger partial charge on any atom is -0.380 e. The van der Waals surface area contributed by atoms with Crippen molar-refractivity contribution in [1.82, 2.24) is 9.62 Å². The van der Waals surface area contributed by atoms with Crippen LogP contribution in [-0.4, -0.2) is 51.9 Å². The van der Waals surface area contributed by atoms with Crippen molar-refractivity contribution in [3.05, 3.63) is 35.4 Å². The Kier molecular flexibility index (Phi) is 5.30. The van der Waals surface area contributed by atoms with Crippen LogP contribution in [0.5, 0.6) is 0 Å². The lowest BCUT2D eigenvalue weighted by molar-refractivity contribution is -0.0445. The maximum atomic E-state index is 11.7. The standard InChI is InChI=1S/C18H28N2O3S/c1-15-3-5-16(6-4-15)13-20-10-7-18(8-11-20)9-12-23-14-17(18)19-24(2,21)22/h3-6,17,19H,7-14H2,1-2H3. The zero-order valence-electron chi connectivity index (χ0n) is 14.6. The van der Waals surface area contributed by atoms with Crippen molar-refractivity contribution in [2.75, 3.05) is 32.6 Å². The first-order valence-corrected chi connectivity index (χ1v) is 10.6. The summed E-state index contributed by atoms with van der Waals surface area (Å²) in [4.78, 5) is 2.48. The van der Waals surface area contributed by atoms with Crippen LogP contribution < -0.4 is 4.72 Å². The number of likely N-dealkylation sites (tertiary alicyclic amines) is 1. The Morgan fingerprint density at radius 2 is 1.88 bits per heavy atom. The number of hydrogen-bond acceptors (Lipinski definition) is 4. The topological polar surface area (TPSA) is 58.6 Å². The first-order chi connectivity index (χ1) is 11.4. The van der Waals surface area contributed by atoms with Gasteiger partial charge < -0.3 is 4.74 Å². The van der Waals surface area contributed by atoms with Crippen molar-refractivity contribution in [2.24, 2.45) is 5.41 Å². The van der Waals surface area contributed by atoms with Crippen molar-refractivity contribution in [2.45, 2.75) is 38.8 Å². The van der Waals surface area contributed by atoms with E-state index in [4.69, 9.17) is 4.74 Å². The van der Waals surface area contributed by atoms with Gasteiger partial charge in [0.05, 0.1) is 18.9 Å². The molecule has 0 amide bonds. The first-order valence-electron chi connectivity index (χ1n) is 8.69. The smallest absolute Gasteiger partial charge is 0.209 e. The van der Waals surface area contributed by atoms with E-state index in [1.165, 1.54) is 17.4 Å². The van der Waals surface area contributed by atoms with Crippen molar-refractivity contribution in [3.63, 3.8) is 0 Å². The van der Waals surface area contributed by atoms with Crippen LogP contribution in [0, 0.1) is 12.3 Å². The lowest BCUT2D eigenvalue weighted by Gasteiger charge is -2.48. The van der Waals surface area contributed by atoms with Crippen molar-refractivity contribution >= 4 is 10.0 Å². The second-order valence-corrected chi connectivity index (χ2v) is 9.17. The Hall–Kier alpha value is -0.950. The summed E-state index contributed by atoms with van der Waals surface area (Å²) >= 11 is 0. The number of sulfonamides is 1. The van der Waals surface area contributed by atoms with Crippen molar-refractivity contribution in [3.8, 4) is 0 Å². The molecule has 1 N–H and O–H groups in total. The number of benzene rings is 1. The van der Waals surface area contributed by atoms with Gasteiger partial charge in [0, 0.05) is 13.2 Å². The molecule has 0 bridgehead atoms. The van der Waals surface area contributed by atoms with Crippen LogP contribution >= 0.6 is 0 Å². The molecule has 0 aromatic heterocycles. The summed E-state index contributed by atoms with van der Waals surface area (Å²) < 4.78 is 31.7. The van der Waals surface area contributed by atoms with Crippen LogP contribution in [0.1, 0.15) is 30.4 Å². The van der Waals surface area contributed by atoms with Crippen LogP contribution in [0.25, 0.3) is 0 Å². The average Bonchev–Trinajstić information content (AvgIpc) is 2.53. The van der Waals surface area contributed by atoms with Gasteiger partial charge >= 0.3 is 0 Å². The molecular formula is C18H28N2O3S. The fourth-order valence-corrected chi connectivity index (χ4v) is 4.79. The number of piperidine rings is 1. The van der Waals surface area contributed by atoms with Gasteiger partial charge in [-0.15, -0.1) is 0 Å². The van der Waals surface area contributed by atoms with Gasteiger partial charge in [-0.25, -0.2) is 13.1 Å². The average molecular weight is 353 g/mol. The molecule has 2 aliphatic rings. The molecule has 1 unspecified atom stereocenters. The van der Waals surface area contributed by atoms with Gasteiger partial charge in [0.25, 0.3) is 0 Å². The third-order valence-corrected chi connectivity index (χ3v) is 6.22. The highest BCUT2D eigenvalue weighted by atomic mass is 32.2. The predicted octanol–water partition coefficient (Wildman–Crippen LogP) is 1.92. The van der Waals surface area contributed by atoms with Crippen LogP contribution in [0.4, 0.5) is 0 Å². The number of rotatable bonds is 4. The number of hydrogen-bond donors (Lipinski definition) is 1. The van der Waals surface area contributed by atoms with E-state index in [9.17, 15) is 8.42 Å². The summed E-state index contributed by atoms with van der Waals surface area (Å²) in [5.74, 6) is 0. The molecule has 5 nitrogen and oxygen atoms in total. The van der Waals surface area contributed by atoms with Gasteiger partial charge in [0.15, 0.2) is 0 Å². The lowest BCUT2D eigenvalue weighted by Crippen LogP contribution is -2.57. The van der Waals surface area contributed by atoms with E-state index in [-0.39, 0.29) is 11.5 Å². The van der Waals surface area contributed by atoms with E-state index in [0.29, 0.717) is 6.61 Å². The third-order valence-electron chi connectivity index (χ3n) is 5.50. The number of nitrogens with zero attached hydrogens (tertiary/aromatic N) is 1. The van der Waals surface area contributed by atoms with E-state index in [0.717, 1.165) is 45.5 Å². The molecule has 1 atom stereocenters. The van der Waals surface area contributed by atoms with E-state index in [1.54, 1.807) is 0 Å². The van der Waals surface area contributed by atoms with E-state index in [1.807, 2.05) is 0 Å². The fourth-order valence-electron chi connectivity index (χ4n) is 3.95. The third kappa shape index (κ3) is 4.36. The molecule has 2 aliphatic heterocycles. The molecule has 134 valence electrons. The Morgan fingerprint density at radius 1 is 1.21 bits per heavy atom. The van der Waals surface area contributed by atoms with Crippen LogP contribution in [0.15, 0.2) is 24.3 Å². The normalized spacial score (nSPS) is 25.0. The SMILES string of the molecule is Cc1ccc(CN2CCC3(CCOCC3NS(C)(=O)=O)CC2)cc1. The highest BCUT2D eigenvalue weighted by molar-refractivity contribution is 7.88. The predicted molar refractivity (Wildman–Crippen MR) is 95.3 cm³/mol. The summed E-state index contributed by atoms with van der Waals surface area (Å²) in [6.45, 7) is 6.32. The van der Waals surface area contributed by atoms with Gasteiger partial charge in [-0.1, -0.05) is 29.8 Å². The van der Waals surface area contributed by atoms with Gasteiger partial charge in [-0.3, -0.25) is 4.90 Å². The Morgan fingerprint density at radius 3 is 2.50 bits per heavy atom. The summed E-state index contributed by atoms with van der Waals surface area (Å²) in [6, 6.07) is 8.61. The van der Waals surface area contributed by atoms with Crippen molar-refractivity contribution in [1.29, 1.82) is 0 Å². The minimum absolute atomic E-state index is 0.0467. The number of ether oxygens (including phenoxy) is 1. The largest absolute Gasteiger partial charge is 0.380 e. The monoisotopic (exact) mass is 352 g/mol. The fraction of sp³-hybridized carbons (Fsp3) is 0.667. The summed E-state index contributed by atoms with van der Waals surface area (Å²) in [7, 11) is -3.21. The first kappa shape index (κ1) is 17.9. The van der Waals surface area contributed by atoms with Crippen LogP contribution in [-0.2, 0) is 21.3 Å². The molecule has 3 rings (SSSR count). The molecule has 2 fully saturated rings. The maximum Gasteiger partial charge on any atom is 0.209 e. The zero-order valence-corrected chi connectivity index (χ0v) is 15.4. The van der Waals surface area contributed by atoms with Gasteiger partial charge in [-0.2, -0.15) is 0 Å². The second kappa shape index (κ2) is 7.12. The number of aryl methyl sites for hydroxylation is 1. The Labute approximate surface area is 145 Å². The summed E-state index contributed by atoms with van der Waals surface area (Å²) in [5.41, 5.74) is 2.67. The second-order valence-electron chi connectivity index (χ2n) is 7.39. The Balaban J connectivity index is 1.62. The minimum atomic E-state index is -3.21. The molecule has 1 aromatic rings. The molecule has 24 heavy (non-hydrogen) atoms. The molecule has 0 radical (unpaired) electrons. The molecule has 6 heteroatoms. The molecule has 1 aromatic carbocycles. The van der Waals surface area contributed by atoms with E-state index >= 15 is 0 Å². The van der Waals surface area contributed by atoms with E-state index in [2.05, 4.69) is 40.8 Å². The summed E-state index contributed by atoms with van der Waals surface area (Å²) in [6.07, 6.45) is 4.23. The molecular weight excluding hydrogens is 324 g/mol. The molecule has 0 aliphatic carbocycles. The van der Waals surface area contributed by atoms with Gasteiger partial charge in [0.1, 0.15) is 0 Å².